The number of hydrogen-bond donors (Lipinski definition) is 2. The highest BCUT2D eigenvalue weighted by Gasteiger charge is 1.98. The van der Waals surface area contributed by atoms with Crippen molar-refractivity contribution < 1.29 is 9.59 Å². The first-order valence-electron chi connectivity index (χ1n) is 2.81. The lowest BCUT2D eigenvalue weighted by molar-refractivity contribution is -0.119. The topological polar surface area (TPSA) is 72.2 Å². The number of carbonyl (C=O) groups excluding carboxylic acids is 2. The van der Waals surface area contributed by atoms with Crippen molar-refractivity contribution in [2.75, 3.05) is 6.54 Å². The summed E-state index contributed by atoms with van der Waals surface area (Å²) in [4.78, 5) is 20.7. The molecule has 0 aliphatic heterocycles. The molecule has 0 saturated carbocycles. The first kappa shape index (κ1) is 9.45. The Kier molecular flexibility index (Phi) is 4.96. The Hall–Kier alpha value is -0.550. The van der Waals surface area contributed by atoms with Gasteiger partial charge < -0.3 is 5.32 Å². The zero-order valence-corrected chi connectivity index (χ0v) is 6.53. The molecule has 0 heterocycles. The van der Waals surface area contributed by atoms with Gasteiger partial charge in [-0.2, -0.15) is 0 Å². The van der Waals surface area contributed by atoms with Gasteiger partial charge in [-0.3, -0.25) is 14.7 Å². The van der Waals surface area contributed by atoms with Crippen LogP contribution < -0.4 is 10.5 Å². The fourth-order valence-corrected chi connectivity index (χ4v) is 0.619. The van der Waals surface area contributed by atoms with E-state index in [0.29, 0.717) is 24.9 Å². The SMILES string of the molecule is CC(=O)NCCC(=O)SN. The Bertz CT molecular complexity index is 138. The van der Waals surface area contributed by atoms with Gasteiger partial charge in [0.15, 0.2) is 0 Å². The lowest BCUT2D eigenvalue weighted by Crippen LogP contribution is -2.22. The first-order chi connectivity index (χ1) is 4.66. The van der Waals surface area contributed by atoms with E-state index in [0.717, 1.165) is 0 Å². The number of hydrogen-bond acceptors (Lipinski definition) is 4. The lowest BCUT2D eigenvalue weighted by atomic mass is 10.4. The number of nitrogens with one attached hydrogen (secondary N) is 1. The van der Waals surface area contributed by atoms with Crippen LogP contribution in [0.25, 0.3) is 0 Å². The lowest BCUT2D eigenvalue weighted by Gasteiger charge is -1.97. The molecule has 5 heteroatoms. The molecule has 0 aromatic rings. The Morgan fingerprint density at radius 2 is 2.20 bits per heavy atom. The molecule has 10 heavy (non-hydrogen) atoms. The summed E-state index contributed by atoms with van der Waals surface area (Å²) in [7, 11) is 0. The average Bonchev–Trinajstić information content (AvgIpc) is 1.87. The largest absolute Gasteiger partial charge is 0.356 e. The maximum absolute atomic E-state index is 10.5. The van der Waals surface area contributed by atoms with Gasteiger partial charge in [-0.1, -0.05) is 0 Å². The van der Waals surface area contributed by atoms with Crippen LogP contribution in [0.1, 0.15) is 13.3 Å². The van der Waals surface area contributed by atoms with Gasteiger partial charge in [0.05, 0.1) is 0 Å². The van der Waals surface area contributed by atoms with E-state index in [1.54, 1.807) is 0 Å². The smallest absolute Gasteiger partial charge is 0.216 e. The van der Waals surface area contributed by atoms with Crippen molar-refractivity contribution in [2.24, 2.45) is 5.14 Å². The van der Waals surface area contributed by atoms with E-state index in [4.69, 9.17) is 5.14 Å². The van der Waals surface area contributed by atoms with E-state index < -0.39 is 0 Å². The van der Waals surface area contributed by atoms with Crippen LogP contribution in [0.5, 0.6) is 0 Å². The quantitative estimate of drug-likeness (QED) is 0.556. The maximum atomic E-state index is 10.5. The molecule has 4 nitrogen and oxygen atoms in total. The Morgan fingerprint density at radius 3 is 2.60 bits per heavy atom. The summed E-state index contributed by atoms with van der Waals surface area (Å²) < 4.78 is 0. The normalized spacial score (nSPS) is 9.00. The molecule has 0 aromatic heterocycles. The molecular weight excluding hydrogens is 152 g/mol. The van der Waals surface area contributed by atoms with Crippen LogP contribution in [0.15, 0.2) is 0 Å². The van der Waals surface area contributed by atoms with Gasteiger partial charge in [-0.25, -0.2) is 0 Å². The minimum atomic E-state index is -0.130. The van der Waals surface area contributed by atoms with Crippen molar-refractivity contribution in [3.63, 3.8) is 0 Å². The molecule has 58 valence electrons. The summed E-state index contributed by atoms with van der Waals surface area (Å²) in [5.41, 5.74) is 0. The van der Waals surface area contributed by atoms with Gasteiger partial charge in [0.1, 0.15) is 0 Å². The molecule has 0 aliphatic carbocycles. The second kappa shape index (κ2) is 5.25. The first-order valence-corrected chi connectivity index (χ1v) is 3.68. The molecule has 0 radical (unpaired) electrons. The zero-order valence-electron chi connectivity index (χ0n) is 5.72. The van der Waals surface area contributed by atoms with Gasteiger partial charge in [0.2, 0.25) is 11.0 Å². The van der Waals surface area contributed by atoms with Crippen LogP contribution in [0.2, 0.25) is 0 Å². The maximum Gasteiger partial charge on any atom is 0.216 e. The fraction of sp³-hybridized carbons (Fsp3) is 0.600. The molecule has 0 spiro atoms. The molecule has 0 saturated heterocycles. The van der Waals surface area contributed by atoms with Crippen LogP contribution in [0.4, 0.5) is 0 Å². The Labute approximate surface area is 63.7 Å². The highest BCUT2D eigenvalue weighted by Crippen LogP contribution is 1.92. The van der Waals surface area contributed by atoms with E-state index in [2.05, 4.69) is 5.32 Å². The molecule has 0 rings (SSSR count). The van der Waals surface area contributed by atoms with Gasteiger partial charge in [-0.15, -0.1) is 0 Å². The van der Waals surface area contributed by atoms with Crippen LogP contribution in [-0.2, 0) is 9.59 Å². The molecular formula is C5H10N2O2S. The van der Waals surface area contributed by atoms with Gasteiger partial charge in [0, 0.05) is 19.9 Å². The van der Waals surface area contributed by atoms with Crippen molar-refractivity contribution in [3.05, 3.63) is 0 Å². The van der Waals surface area contributed by atoms with Gasteiger partial charge in [0.25, 0.3) is 0 Å². The fourth-order valence-electron chi connectivity index (χ4n) is 0.400. The van der Waals surface area contributed by atoms with Crippen LogP contribution in [-0.4, -0.2) is 17.6 Å². The van der Waals surface area contributed by atoms with E-state index in [1.807, 2.05) is 0 Å². The van der Waals surface area contributed by atoms with Crippen LogP contribution in [0, 0.1) is 0 Å². The van der Waals surface area contributed by atoms with E-state index in [1.165, 1.54) is 6.92 Å². The number of carbonyl (C=O) groups is 2. The summed E-state index contributed by atoms with van der Waals surface area (Å²) in [6.45, 7) is 1.78. The Morgan fingerprint density at radius 1 is 1.60 bits per heavy atom. The number of rotatable bonds is 3. The molecule has 0 atom stereocenters. The molecule has 0 aromatic carbocycles. The van der Waals surface area contributed by atoms with Gasteiger partial charge >= 0.3 is 0 Å². The molecule has 1 amide bonds. The van der Waals surface area contributed by atoms with E-state index >= 15 is 0 Å². The zero-order chi connectivity index (χ0) is 7.98. The molecule has 0 fully saturated rings. The predicted molar refractivity (Wildman–Crippen MR) is 40.1 cm³/mol. The minimum absolute atomic E-state index is 0.117. The minimum Gasteiger partial charge on any atom is -0.356 e. The standard InChI is InChI=1S/C5H10N2O2S/c1-4(8)7-3-2-5(9)10-6/h2-3,6H2,1H3,(H,7,8). The summed E-state index contributed by atoms with van der Waals surface area (Å²) in [6, 6.07) is 0. The summed E-state index contributed by atoms with van der Waals surface area (Å²) in [5, 5.41) is 7.31. The molecule has 3 N–H and O–H groups in total. The van der Waals surface area contributed by atoms with Crippen molar-refractivity contribution >= 4 is 23.0 Å². The molecule has 0 aliphatic rings. The highest BCUT2D eigenvalue weighted by atomic mass is 32.2. The third-order valence-corrected chi connectivity index (χ3v) is 1.30. The van der Waals surface area contributed by atoms with Crippen LogP contribution in [0.3, 0.4) is 0 Å². The second-order valence-electron chi connectivity index (χ2n) is 1.72. The summed E-state index contributed by atoms with van der Waals surface area (Å²) in [6.07, 6.45) is 0.292. The monoisotopic (exact) mass is 162 g/mol. The average molecular weight is 162 g/mol. The van der Waals surface area contributed by atoms with E-state index in [9.17, 15) is 9.59 Å². The summed E-state index contributed by atoms with van der Waals surface area (Å²) >= 11 is 0.686. The molecule has 0 unspecified atom stereocenters. The van der Waals surface area contributed by atoms with Crippen molar-refractivity contribution in [3.8, 4) is 0 Å². The molecule has 0 bridgehead atoms. The number of nitrogens with two attached hydrogens (primary N) is 1. The van der Waals surface area contributed by atoms with Gasteiger partial charge in [-0.05, 0) is 11.9 Å². The Balaban J connectivity index is 3.20. The third kappa shape index (κ3) is 5.58. The van der Waals surface area contributed by atoms with Crippen molar-refractivity contribution in [2.45, 2.75) is 13.3 Å². The van der Waals surface area contributed by atoms with E-state index in [-0.39, 0.29) is 11.0 Å². The predicted octanol–water partition coefficient (Wildman–Crippen LogP) is -0.354. The second-order valence-corrected chi connectivity index (χ2v) is 2.41. The van der Waals surface area contributed by atoms with Crippen molar-refractivity contribution in [1.29, 1.82) is 0 Å². The van der Waals surface area contributed by atoms with Crippen LogP contribution >= 0.6 is 11.9 Å². The highest BCUT2D eigenvalue weighted by molar-refractivity contribution is 8.11. The summed E-state index contributed by atoms with van der Waals surface area (Å²) in [5.74, 6) is -0.130. The third-order valence-electron chi connectivity index (χ3n) is 0.835. The van der Waals surface area contributed by atoms with Crippen molar-refractivity contribution in [1.82, 2.24) is 5.32 Å². The number of amides is 1.